The van der Waals surface area contributed by atoms with Gasteiger partial charge in [-0.1, -0.05) is 20.8 Å². The second kappa shape index (κ2) is 8.31. The van der Waals surface area contributed by atoms with Gasteiger partial charge in [-0.25, -0.2) is 0 Å². The monoisotopic (exact) mass is 340 g/mol. The first-order valence-electron chi connectivity index (χ1n) is 7.58. The molecule has 1 rings (SSSR count). The highest BCUT2D eigenvalue weighted by molar-refractivity contribution is 7.99. The van der Waals surface area contributed by atoms with E-state index in [4.69, 9.17) is 0 Å². The highest BCUT2D eigenvalue weighted by atomic mass is 32.2. The number of rotatable bonds is 8. The Labute approximate surface area is 140 Å². The van der Waals surface area contributed by atoms with Crippen molar-refractivity contribution in [3.05, 3.63) is 33.9 Å². The second-order valence-electron chi connectivity index (χ2n) is 6.18. The zero-order valence-corrected chi connectivity index (χ0v) is 14.8. The van der Waals surface area contributed by atoms with Gasteiger partial charge in [0.15, 0.2) is 0 Å². The van der Waals surface area contributed by atoms with Gasteiger partial charge in [-0.05, 0) is 25.3 Å². The number of nitrogens with zero attached hydrogens (tertiary/aromatic N) is 1. The minimum Gasteiger partial charge on any atom is -0.388 e. The van der Waals surface area contributed by atoms with Crippen molar-refractivity contribution >= 4 is 23.4 Å². The standard InChI is InChI=1S/C16H24N2O4S/c1-5-16(4,20)10-17-15(19)13-8-12(18(21)22)6-7-14(13)23-9-11(2)3/h6-8,11,20H,5,9-10H2,1-4H3,(H,17,19). The Morgan fingerprint density at radius 1 is 1.48 bits per heavy atom. The van der Waals surface area contributed by atoms with Crippen LogP contribution in [0, 0.1) is 16.0 Å². The molecule has 7 heteroatoms. The Hall–Kier alpha value is -1.60. The minimum atomic E-state index is -0.998. The van der Waals surface area contributed by atoms with Crippen LogP contribution in [0.2, 0.25) is 0 Å². The number of nitrogens with one attached hydrogen (secondary N) is 1. The summed E-state index contributed by atoms with van der Waals surface area (Å²) in [5.74, 6) is 0.839. The quantitative estimate of drug-likeness (QED) is 0.430. The number of benzene rings is 1. The summed E-state index contributed by atoms with van der Waals surface area (Å²) in [6, 6.07) is 4.30. The fraction of sp³-hybridized carbons (Fsp3) is 0.562. The van der Waals surface area contributed by atoms with Gasteiger partial charge in [0.05, 0.1) is 16.1 Å². The maximum atomic E-state index is 12.4. The zero-order valence-electron chi connectivity index (χ0n) is 14.0. The van der Waals surface area contributed by atoms with Gasteiger partial charge in [0, 0.05) is 29.3 Å². The van der Waals surface area contributed by atoms with Crippen molar-refractivity contribution in [2.24, 2.45) is 5.92 Å². The normalized spacial score (nSPS) is 13.7. The van der Waals surface area contributed by atoms with Crippen LogP contribution in [0.3, 0.4) is 0 Å². The third kappa shape index (κ3) is 6.19. The lowest BCUT2D eigenvalue weighted by atomic mass is 10.0. The molecule has 1 aromatic carbocycles. The molecule has 0 radical (unpaired) electrons. The maximum Gasteiger partial charge on any atom is 0.270 e. The van der Waals surface area contributed by atoms with Gasteiger partial charge in [0.25, 0.3) is 11.6 Å². The van der Waals surface area contributed by atoms with Crippen molar-refractivity contribution in [2.75, 3.05) is 12.3 Å². The molecule has 6 nitrogen and oxygen atoms in total. The van der Waals surface area contributed by atoms with Gasteiger partial charge in [-0.3, -0.25) is 14.9 Å². The number of hydrogen-bond donors (Lipinski definition) is 2. The molecule has 0 saturated heterocycles. The molecule has 0 aliphatic carbocycles. The number of thioether (sulfide) groups is 1. The minimum absolute atomic E-state index is 0.0965. The Balaban J connectivity index is 3.01. The number of nitro benzene ring substituents is 1. The topological polar surface area (TPSA) is 92.5 Å². The molecule has 0 spiro atoms. The summed E-state index contributed by atoms with van der Waals surface area (Å²) < 4.78 is 0. The van der Waals surface area contributed by atoms with Crippen LogP contribution >= 0.6 is 11.8 Å². The molecule has 0 fully saturated rings. The molecular weight excluding hydrogens is 316 g/mol. The van der Waals surface area contributed by atoms with Crippen molar-refractivity contribution in [3.63, 3.8) is 0 Å². The van der Waals surface area contributed by atoms with E-state index in [0.29, 0.717) is 17.2 Å². The van der Waals surface area contributed by atoms with Gasteiger partial charge in [0.1, 0.15) is 0 Å². The average Bonchev–Trinajstić information content (AvgIpc) is 2.50. The predicted octanol–water partition coefficient (Wildman–Crippen LogP) is 3.23. The second-order valence-corrected chi connectivity index (χ2v) is 7.24. The van der Waals surface area contributed by atoms with Gasteiger partial charge in [0.2, 0.25) is 0 Å². The molecule has 1 atom stereocenters. The molecule has 0 heterocycles. The number of non-ortho nitro benzene ring substituents is 1. The Kier molecular flexibility index (Phi) is 7.02. The van der Waals surface area contributed by atoms with E-state index in [9.17, 15) is 20.0 Å². The van der Waals surface area contributed by atoms with Gasteiger partial charge in [-0.15, -0.1) is 11.8 Å². The van der Waals surface area contributed by atoms with E-state index in [0.717, 1.165) is 5.75 Å². The Bertz CT molecular complexity index is 573. The van der Waals surface area contributed by atoms with Crippen LogP contribution in [-0.4, -0.2) is 33.8 Å². The number of amides is 1. The molecule has 0 saturated carbocycles. The van der Waals surface area contributed by atoms with Gasteiger partial charge in [-0.2, -0.15) is 0 Å². The van der Waals surface area contributed by atoms with E-state index in [2.05, 4.69) is 19.2 Å². The molecule has 0 bridgehead atoms. The molecule has 2 N–H and O–H groups in total. The Morgan fingerprint density at radius 3 is 2.65 bits per heavy atom. The third-order valence-electron chi connectivity index (χ3n) is 3.38. The summed E-state index contributed by atoms with van der Waals surface area (Å²) in [5.41, 5.74) is -0.843. The summed E-state index contributed by atoms with van der Waals surface area (Å²) >= 11 is 1.50. The molecule has 1 amide bonds. The molecule has 1 aromatic rings. The fourth-order valence-corrected chi connectivity index (χ4v) is 2.67. The fourth-order valence-electron chi connectivity index (χ4n) is 1.68. The van der Waals surface area contributed by atoms with Crippen LogP contribution < -0.4 is 5.32 Å². The van der Waals surface area contributed by atoms with E-state index in [1.54, 1.807) is 13.0 Å². The highest BCUT2D eigenvalue weighted by Gasteiger charge is 2.22. The van der Waals surface area contributed by atoms with Gasteiger partial charge < -0.3 is 10.4 Å². The number of hydrogen-bond acceptors (Lipinski definition) is 5. The number of nitro groups is 1. The SMILES string of the molecule is CCC(C)(O)CNC(=O)c1cc([N+](=O)[O-])ccc1SCC(C)C. The average molecular weight is 340 g/mol. The largest absolute Gasteiger partial charge is 0.388 e. The Morgan fingerprint density at radius 2 is 2.13 bits per heavy atom. The first-order valence-corrected chi connectivity index (χ1v) is 8.56. The smallest absolute Gasteiger partial charge is 0.270 e. The summed E-state index contributed by atoms with van der Waals surface area (Å²) in [5, 5.41) is 23.6. The molecular formula is C16H24N2O4S. The first-order chi connectivity index (χ1) is 10.7. The first kappa shape index (κ1) is 19.4. The third-order valence-corrected chi connectivity index (χ3v) is 4.88. The van der Waals surface area contributed by atoms with Crippen LogP contribution in [0.5, 0.6) is 0 Å². The van der Waals surface area contributed by atoms with Crippen LogP contribution in [0.25, 0.3) is 0 Å². The van der Waals surface area contributed by atoms with Crippen molar-refractivity contribution in [3.8, 4) is 0 Å². The highest BCUT2D eigenvalue weighted by Crippen LogP contribution is 2.28. The lowest BCUT2D eigenvalue weighted by Gasteiger charge is -2.22. The van der Waals surface area contributed by atoms with E-state index >= 15 is 0 Å². The molecule has 128 valence electrons. The lowest BCUT2D eigenvalue weighted by molar-refractivity contribution is -0.384. The van der Waals surface area contributed by atoms with Crippen LogP contribution in [0.1, 0.15) is 44.5 Å². The molecule has 0 aliphatic heterocycles. The lowest BCUT2D eigenvalue weighted by Crippen LogP contribution is -2.40. The number of aliphatic hydroxyl groups is 1. The van der Waals surface area contributed by atoms with E-state index in [1.165, 1.54) is 23.9 Å². The molecule has 0 aliphatic rings. The predicted molar refractivity (Wildman–Crippen MR) is 91.9 cm³/mol. The summed E-state index contributed by atoms with van der Waals surface area (Å²) in [6.45, 7) is 7.69. The maximum absolute atomic E-state index is 12.4. The van der Waals surface area contributed by atoms with Gasteiger partial charge >= 0.3 is 0 Å². The van der Waals surface area contributed by atoms with Crippen molar-refractivity contribution in [1.82, 2.24) is 5.32 Å². The van der Waals surface area contributed by atoms with Crippen molar-refractivity contribution in [2.45, 2.75) is 44.6 Å². The van der Waals surface area contributed by atoms with E-state index < -0.39 is 16.4 Å². The van der Waals surface area contributed by atoms with Crippen LogP contribution in [-0.2, 0) is 0 Å². The zero-order chi connectivity index (χ0) is 17.6. The molecule has 1 unspecified atom stereocenters. The van der Waals surface area contributed by atoms with E-state index in [1.807, 2.05) is 6.92 Å². The van der Waals surface area contributed by atoms with Crippen molar-refractivity contribution < 1.29 is 14.8 Å². The summed E-state index contributed by atoms with van der Waals surface area (Å²) in [7, 11) is 0. The molecule has 0 aromatic heterocycles. The number of carbonyl (C=O) groups excluding carboxylic acids is 1. The van der Waals surface area contributed by atoms with Crippen molar-refractivity contribution in [1.29, 1.82) is 0 Å². The van der Waals surface area contributed by atoms with E-state index in [-0.39, 0.29) is 17.8 Å². The summed E-state index contributed by atoms with van der Waals surface area (Å²) in [6.07, 6.45) is 0.497. The van der Waals surface area contributed by atoms with Crippen LogP contribution in [0.4, 0.5) is 5.69 Å². The number of carbonyl (C=O) groups is 1. The van der Waals surface area contributed by atoms with Crippen LogP contribution in [0.15, 0.2) is 23.1 Å². The summed E-state index contributed by atoms with van der Waals surface area (Å²) in [4.78, 5) is 23.5. The molecule has 23 heavy (non-hydrogen) atoms.